The van der Waals surface area contributed by atoms with Gasteiger partial charge in [-0.1, -0.05) is 49.1 Å². The van der Waals surface area contributed by atoms with Gasteiger partial charge in [-0.25, -0.2) is 0 Å². The maximum atomic E-state index is 6.09. The SMILES string of the molecule is CC(=C[Si](C)(C)C)C1(Nc2ccccc2)C[C@@H]2CC3(COC(C)(C)OC3)C[C@H]2C1. The fourth-order valence-electron chi connectivity index (χ4n) is 6.07. The highest BCUT2D eigenvalue weighted by atomic mass is 28.3. The standard InChI is InChI=1S/C25H39NO2Si/c1-19(16-29(4,5)6)25(26-22-10-8-7-9-11-22)14-20-12-24(13-21(20)15-25)17-27-23(2,3)28-18-24/h7-11,16,20-21,26H,12-15,17-18H2,1-6H3/t20-,21-/m0/s1. The van der Waals surface area contributed by atoms with Crippen LogP contribution < -0.4 is 5.32 Å². The molecule has 1 N–H and O–H groups in total. The summed E-state index contributed by atoms with van der Waals surface area (Å²) in [6.45, 7) is 15.5. The molecule has 0 bridgehead atoms. The molecule has 160 valence electrons. The summed E-state index contributed by atoms with van der Waals surface area (Å²) in [7, 11) is -1.29. The Morgan fingerprint density at radius 2 is 1.52 bits per heavy atom. The molecule has 4 heteroatoms. The van der Waals surface area contributed by atoms with Crippen molar-refractivity contribution in [1.82, 2.24) is 0 Å². The Kier molecular flexibility index (Phi) is 5.28. The summed E-state index contributed by atoms with van der Waals surface area (Å²) >= 11 is 0. The Morgan fingerprint density at radius 3 is 2.03 bits per heavy atom. The fraction of sp³-hybridized carbons (Fsp3) is 0.680. The van der Waals surface area contributed by atoms with Gasteiger partial charge in [0, 0.05) is 11.1 Å². The van der Waals surface area contributed by atoms with Gasteiger partial charge in [-0.2, -0.15) is 0 Å². The van der Waals surface area contributed by atoms with Crippen molar-refractivity contribution in [3.8, 4) is 0 Å². The van der Waals surface area contributed by atoms with E-state index in [2.05, 4.69) is 67.9 Å². The van der Waals surface area contributed by atoms with Crippen molar-refractivity contribution in [1.29, 1.82) is 0 Å². The molecule has 3 aliphatic rings. The third kappa shape index (κ3) is 4.50. The Balaban J connectivity index is 1.56. The molecule has 2 aliphatic carbocycles. The summed E-state index contributed by atoms with van der Waals surface area (Å²) in [5, 5.41) is 4.00. The van der Waals surface area contributed by atoms with Crippen LogP contribution in [0, 0.1) is 17.3 Å². The summed E-state index contributed by atoms with van der Waals surface area (Å²) in [5.74, 6) is 1.09. The second-order valence-corrected chi connectivity index (χ2v) is 16.6. The van der Waals surface area contributed by atoms with Gasteiger partial charge in [-0.05, 0) is 70.4 Å². The molecular formula is C25H39NO2Si. The van der Waals surface area contributed by atoms with Crippen LogP contribution in [0.15, 0.2) is 41.6 Å². The second kappa shape index (κ2) is 7.25. The Labute approximate surface area is 178 Å². The molecule has 1 saturated heterocycles. The molecule has 0 unspecified atom stereocenters. The highest BCUT2D eigenvalue weighted by molar-refractivity contribution is 6.81. The molecular weight excluding hydrogens is 374 g/mol. The van der Waals surface area contributed by atoms with E-state index in [-0.39, 0.29) is 11.0 Å². The van der Waals surface area contributed by atoms with Crippen molar-refractivity contribution in [3.63, 3.8) is 0 Å². The normalized spacial score (nSPS) is 30.3. The van der Waals surface area contributed by atoms with Crippen molar-refractivity contribution < 1.29 is 9.47 Å². The Morgan fingerprint density at radius 1 is 0.966 bits per heavy atom. The zero-order valence-corrected chi connectivity index (χ0v) is 20.2. The van der Waals surface area contributed by atoms with E-state index in [0.29, 0.717) is 0 Å². The molecule has 1 spiro atoms. The smallest absolute Gasteiger partial charge is 0.162 e. The lowest BCUT2D eigenvalue weighted by atomic mass is 9.79. The first kappa shape index (κ1) is 21.1. The molecule has 1 aromatic rings. The lowest BCUT2D eigenvalue weighted by Gasteiger charge is -2.43. The van der Waals surface area contributed by atoms with E-state index in [9.17, 15) is 0 Å². The molecule has 2 atom stereocenters. The van der Waals surface area contributed by atoms with Crippen molar-refractivity contribution >= 4 is 13.8 Å². The molecule has 1 aromatic carbocycles. The fourth-order valence-corrected chi connectivity index (χ4v) is 7.64. The molecule has 29 heavy (non-hydrogen) atoms. The first-order chi connectivity index (χ1) is 13.5. The first-order valence-electron chi connectivity index (χ1n) is 11.3. The summed E-state index contributed by atoms with van der Waals surface area (Å²) in [4.78, 5) is 0. The Hall–Kier alpha value is -1.10. The number of nitrogens with one attached hydrogen (secondary N) is 1. The number of hydrogen-bond acceptors (Lipinski definition) is 3. The predicted molar refractivity (Wildman–Crippen MR) is 124 cm³/mol. The van der Waals surface area contributed by atoms with Gasteiger partial charge >= 0.3 is 0 Å². The zero-order chi connectivity index (χ0) is 20.9. The number of hydrogen-bond donors (Lipinski definition) is 1. The van der Waals surface area contributed by atoms with Crippen LogP contribution in [0.1, 0.15) is 46.5 Å². The molecule has 0 aromatic heterocycles. The van der Waals surface area contributed by atoms with Gasteiger partial charge in [-0.15, -0.1) is 0 Å². The third-order valence-electron chi connectivity index (χ3n) is 7.29. The van der Waals surface area contributed by atoms with E-state index in [1.165, 1.54) is 31.4 Å². The maximum Gasteiger partial charge on any atom is 0.162 e. The van der Waals surface area contributed by atoms with Gasteiger partial charge < -0.3 is 14.8 Å². The minimum atomic E-state index is -1.29. The van der Waals surface area contributed by atoms with Crippen LogP contribution in [0.25, 0.3) is 0 Å². The lowest BCUT2D eigenvalue weighted by Crippen LogP contribution is -2.46. The number of ether oxygens (including phenoxy) is 2. The topological polar surface area (TPSA) is 30.5 Å². The maximum absolute atomic E-state index is 6.09. The molecule has 1 aliphatic heterocycles. The summed E-state index contributed by atoms with van der Waals surface area (Å²) in [6, 6.07) is 10.8. The lowest BCUT2D eigenvalue weighted by molar-refractivity contribution is -0.285. The summed E-state index contributed by atoms with van der Waals surface area (Å²) < 4.78 is 12.2. The highest BCUT2D eigenvalue weighted by Gasteiger charge is 2.56. The second-order valence-electron chi connectivity index (χ2n) is 11.6. The average Bonchev–Trinajstić information content (AvgIpc) is 3.11. The minimum absolute atomic E-state index is 0.0915. The molecule has 0 radical (unpaired) electrons. The minimum Gasteiger partial charge on any atom is -0.376 e. The van der Waals surface area contributed by atoms with E-state index in [4.69, 9.17) is 9.47 Å². The van der Waals surface area contributed by atoms with E-state index in [0.717, 1.165) is 25.0 Å². The summed E-state index contributed by atoms with van der Waals surface area (Å²) in [5.41, 5.74) is 5.75. The zero-order valence-electron chi connectivity index (χ0n) is 19.2. The van der Waals surface area contributed by atoms with Crippen LogP contribution in [0.3, 0.4) is 0 Å². The third-order valence-corrected chi connectivity index (χ3v) is 8.59. The van der Waals surface area contributed by atoms with Crippen LogP contribution in [0.4, 0.5) is 5.69 Å². The van der Waals surface area contributed by atoms with Gasteiger partial charge in [0.25, 0.3) is 0 Å². The van der Waals surface area contributed by atoms with E-state index >= 15 is 0 Å². The van der Waals surface area contributed by atoms with Crippen LogP contribution >= 0.6 is 0 Å². The molecule has 2 saturated carbocycles. The summed E-state index contributed by atoms with van der Waals surface area (Å²) in [6.07, 6.45) is 4.94. The van der Waals surface area contributed by atoms with Crippen LogP contribution in [-0.2, 0) is 9.47 Å². The van der Waals surface area contributed by atoms with Gasteiger partial charge in [-0.3, -0.25) is 0 Å². The van der Waals surface area contributed by atoms with E-state index in [1.54, 1.807) is 5.57 Å². The quantitative estimate of drug-likeness (QED) is 0.592. The molecule has 3 fully saturated rings. The monoisotopic (exact) mass is 413 g/mol. The van der Waals surface area contributed by atoms with Crippen molar-refractivity contribution in [3.05, 3.63) is 41.6 Å². The number of para-hydroxylation sites is 1. The molecule has 1 heterocycles. The van der Waals surface area contributed by atoms with Crippen LogP contribution in [0.5, 0.6) is 0 Å². The van der Waals surface area contributed by atoms with Gasteiger partial charge in [0.2, 0.25) is 0 Å². The van der Waals surface area contributed by atoms with Gasteiger partial charge in [0.15, 0.2) is 5.79 Å². The first-order valence-corrected chi connectivity index (χ1v) is 14.9. The Bertz CT molecular complexity index is 739. The van der Waals surface area contributed by atoms with E-state index < -0.39 is 13.9 Å². The number of benzene rings is 1. The average molecular weight is 414 g/mol. The van der Waals surface area contributed by atoms with Crippen molar-refractivity contribution in [2.75, 3.05) is 18.5 Å². The van der Waals surface area contributed by atoms with Crippen molar-refractivity contribution in [2.24, 2.45) is 17.3 Å². The van der Waals surface area contributed by atoms with Crippen LogP contribution in [0.2, 0.25) is 19.6 Å². The number of rotatable bonds is 4. The van der Waals surface area contributed by atoms with Gasteiger partial charge in [0.05, 0.1) is 26.8 Å². The molecule has 0 amide bonds. The number of fused-ring (bicyclic) bond motifs is 1. The number of anilines is 1. The predicted octanol–water partition coefficient (Wildman–Crippen LogP) is 6.25. The molecule has 3 nitrogen and oxygen atoms in total. The largest absolute Gasteiger partial charge is 0.376 e. The van der Waals surface area contributed by atoms with Gasteiger partial charge in [0.1, 0.15) is 0 Å². The van der Waals surface area contributed by atoms with Crippen molar-refractivity contribution in [2.45, 2.75) is 77.4 Å². The molecule has 4 rings (SSSR count). The highest BCUT2D eigenvalue weighted by Crippen LogP contribution is 2.59. The van der Waals surface area contributed by atoms with E-state index in [1.807, 2.05) is 13.8 Å². The van der Waals surface area contributed by atoms with Crippen LogP contribution in [-0.4, -0.2) is 32.6 Å².